The molecule has 1 aliphatic carbocycles. The molecule has 1 amide bonds. The van der Waals surface area contributed by atoms with Crippen LogP contribution in [0.3, 0.4) is 0 Å². The van der Waals surface area contributed by atoms with Crippen molar-refractivity contribution in [2.24, 2.45) is 0 Å². The first-order chi connectivity index (χ1) is 16.7. The maximum absolute atomic E-state index is 11.9. The Morgan fingerprint density at radius 2 is 1.85 bits per heavy atom. The van der Waals surface area contributed by atoms with Crippen molar-refractivity contribution in [2.45, 2.75) is 18.9 Å². The first kappa shape index (κ1) is 20.1. The number of carbonyl (C=O) groups excluding carboxylic acids is 1. The van der Waals surface area contributed by atoms with Gasteiger partial charge in [0.2, 0.25) is 5.91 Å². The van der Waals surface area contributed by atoms with Crippen LogP contribution in [0.15, 0.2) is 79.0 Å². The van der Waals surface area contributed by atoms with Gasteiger partial charge in [-0.3, -0.25) is 9.89 Å². The second-order valence-electron chi connectivity index (χ2n) is 8.45. The van der Waals surface area contributed by atoms with Crippen LogP contribution in [0.1, 0.15) is 18.4 Å². The lowest BCUT2D eigenvalue weighted by atomic mass is 10.1. The van der Waals surface area contributed by atoms with E-state index in [9.17, 15) is 4.79 Å². The highest BCUT2D eigenvalue weighted by molar-refractivity contribution is 5.94. The van der Waals surface area contributed by atoms with Gasteiger partial charge in [0.25, 0.3) is 0 Å². The Morgan fingerprint density at radius 1 is 1.00 bits per heavy atom. The van der Waals surface area contributed by atoms with Gasteiger partial charge in [0.05, 0.1) is 17.2 Å². The number of aromatic amines is 1. The molecule has 3 aromatic carbocycles. The highest BCUT2D eigenvalue weighted by atomic mass is 16.1. The summed E-state index contributed by atoms with van der Waals surface area (Å²) in [4.78, 5) is 21.5. The number of benzene rings is 3. The Kier molecular flexibility index (Phi) is 4.99. The molecule has 1 aliphatic rings. The van der Waals surface area contributed by atoms with E-state index < -0.39 is 0 Å². The van der Waals surface area contributed by atoms with Crippen molar-refractivity contribution in [1.82, 2.24) is 25.5 Å². The molecule has 166 valence electrons. The molecule has 5 aromatic rings. The molecule has 0 saturated heterocycles. The van der Waals surface area contributed by atoms with Crippen molar-refractivity contribution in [3.8, 4) is 11.4 Å². The summed E-state index contributed by atoms with van der Waals surface area (Å²) in [7, 11) is 0. The number of aromatic nitrogens is 4. The summed E-state index contributed by atoms with van der Waals surface area (Å²) in [5.41, 5.74) is 4.62. The lowest BCUT2D eigenvalue weighted by Gasteiger charge is -2.11. The standard InChI is InChI=1S/C27H22N6O/c34-25(29-20-10-11-20)14-7-17-5-8-18(9-6-17)26-31-24-4-2-1-3-22(24)27(32-26)30-21-12-13-23-19(15-21)16-28-33-23/h1-9,12-16,20H,10-11H2,(H,28,33)(H,29,34)(H,30,31,32). The molecule has 34 heavy (non-hydrogen) atoms. The first-order valence-corrected chi connectivity index (χ1v) is 11.3. The predicted octanol–water partition coefficient (Wildman–Crippen LogP) is 5.21. The van der Waals surface area contributed by atoms with Crippen molar-refractivity contribution in [3.63, 3.8) is 0 Å². The Labute approximate surface area is 196 Å². The number of H-pyrrole nitrogens is 1. The van der Waals surface area contributed by atoms with Crippen molar-refractivity contribution < 1.29 is 4.79 Å². The predicted molar refractivity (Wildman–Crippen MR) is 135 cm³/mol. The fraction of sp³-hybridized carbons (Fsp3) is 0.111. The number of rotatable bonds is 6. The number of nitrogens with zero attached hydrogens (tertiary/aromatic N) is 3. The molecule has 7 nitrogen and oxygen atoms in total. The second-order valence-corrected chi connectivity index (χ2v) is 8.45. The van der Waals surface area contributed by atoms with E-state index in [2.05, 4.69) is 20.8 Å². The quantitative estimate of drug-likeness (QED) is 0.311. The third-order valence-electron chi connectivity index (χ3n) is 5.83. The van der Waals surface area contributed by atoms with E-state index in [1.807, 2.05) is 72.8 Å². The van der Waals surface area contributed by atoms with Gasteiger partial charge in [0.1, 0.15) is 5.82 Å². The smallest absolute Gasteiger partial charge is 0.244 e. The third kappa shape index (κ3) is 4.23. The Bertz CT molecular complexity index is 1530. The fourth-order valence-electron chi connectivity index (χ4n) is 3.85. The molecule has 0 aliphatic heterocycles. The van der Waals surface area contributed by atoms with Crippen LogP contribution in [-0.4, -0.2) is 32.1 Å². The van der Waals surface area contributed by atoms with E-state index in [1.54, 1.807) is 12.3 Å². The monoisotopic (exact) mass is 446 g/mol. The number of amides is 1. The van der Waals surface area contributed by atoms with Gasteiger partial charge in [0.15, 0.2) is 5.82 Å². The van der Waals surface area contributed by atoms with Crippen molar-refractivity contribution >= 4 is 45.3 Å². The average Bonchev–Trinajstić information content (AvgIpc) is 3.55. The summed E-state index contributed by atoms with van der Waals surface area (Å²) < 4.78 is 0. The van der Waals surface area contributed by atoms with Crippen LogP contribution in [0.25, 0.3) is 39.3 Å². The van der Waals surface area contributed by atoms with E-state index in [0.29, 0.717) is 11.9 Å². The Hall–Kier alpha value is -4.52. The van der Waals surface area contributed by atoms with Gasteiger partial charge in [-0.15, -0.1) is 0 Å². The van der Waals surface area contributed by atoms with Crippen molar-refractivity contribution in [3.05, 3.63) is 84.6 Å². The van der Waals surface area contributed by atoms with E-state index in [-0.39, 0.29) is 5.91 Å². The lowest BCUT2D eigenvalue weighted by Crippen LogP contribution is -2.22. The third-order valence-corrected chi connectivity index (χ3v) is 5.83. The molecule has 7 heteroatoms. The van der Waals surface area contributed by atoms with Gasteiger partial charge >= 0.3 is 0 Å². The summed E-state index contributed by atoms with van der Waals surface area (Å²) in [6, 6.07) is 22.2. The number of hydrogen-bond acceptors (Lipinski definition) is 5. The number of anilines is 2. The molecular formula is C27H22N6O. The zero-order chi connectivity index (χ0) is 22.9. The first-order valence-electron chi connectivity index (χ1n) is 11.3. The zero-order valence-corrected chi connectivity index (χ0v) is 18.3. The number of carbonyl (C=O) groups is 1. The van der Waals surface area contributed by atoms with Crippen LogP contribution in [0.2, 0.25) is 0 Å². The molecular weight excluding hydrogens is 424 g/mol. The molecule has 0 radical (unpaired) electrons. The lowest BCUT2D eigenvalue weighted by molar-refractivity contribution is -0.116. The normalized spacial score (nSPS) is 13.5. The summed E-state index contributed by atoms with van der Waals surface area (Å²) in [5.74, 6) is 1.32. The van der Waals surface area contributed by atoms with Gasteiger partial charge in [-0.2, -0.15) is 5.10 Å². The number of fused-ring (bicyclic) bond motifs is 2. The molecule has 6 rings (SSSR count). The van der Waals surface area contributed by atoms with Gasteiger partial charge in [-0.1, -0.05) is 36.4 Å². The van der Waals surface area contributed by atoms with Gasteiger partial charge < -0.3 is 10.6 Å². The number of para-hydroxylation sites is 1. The topological polar surface area (TPSA) is 95.6 Å². The van der Waals surface area contributed by atoms with E-state index in [0.717, 1.165) is 57.3 Å². The van der Waals surface area contributed by atoms with E-state index >= 15 is 0 Å². The largest absolute Gasteiger partial charge is 0.350 e. The SMILES string of the molecule is O=C(C=Cc1ccc(-c2nc(Nc3ccc4[nH]ncc4c3)c3ccccc3n2)cc1)NC1CC1. The van der Waals surface area contributed by atoms with Crippen LogP contribution in [0.4, 0.5) is 11.5 Å². The molecule has 2 heterocycles. The highest BCUT2D eigenvalue weighted by Gasteiger charge is 2.22. The van der Waals surface area contributed by atoms with Crippen LogP contribution in [-0.2, 0) is 4.79 Å². The molecule has 1 saturated carbocycles. The minimum absolute atomic E-state index is 0.0474. The highest BCUT2D eigenvalue weighted by Crippen LogP contribution is 2.28. The minimum Gasteiger partial charge on any atom is -0.350 e. The molecule has 0 bridgehead atoms. The van der Waals surface area contributed by atoms with Crippen LogP contribution in [0.5, 0.6) is 0 Å². The molecule has 0 unspecified atom stereocenters. The van der Waals surface area contributed by atoms with Crippen LogP contribution < -0.4 is 10.6 Å². The summed E-state index contributed by atoms with van der Waals surface area (Å²) in [6.07, 6.45) is 7.36. The maximum Gasteiger partial charge on any atom is 0.244 e. The van der Waals surface area contributed by atoms with Crippen LogP contribution in [0, 0.1) is 0 Å². The van der Waals surface area contributed by atoms with Crippen molar-refractivity contribution in [1.29, 1.82) is 0 Å². The van der Waals surface area contributed by atoms with Gasteiger partial charge in [0, 0.05) is 34.1 Å². The molecule has 1 fully saturated rings. The van der Waals surface area contributed by atoms with Gasteiger partial charge in [-0.25, -0.2) is 9.97 Å². The zero-order valence-electron chi connectivity index (χ0n) is 18.3. The second kappa shape index (κ2) is 8.44. The van der Waals surface area contributed by atoms with Crippen LogP contribution >= 0.6 is 0 Å². The van der Waals surface area contributed by atoms with Gasteiger partial charge in [-0.05, 0) is 54.8 Å². The summed E-state index contributed by atoms with van der Waals surface area (Å²) in [5, 5.41) is 15.4. The maximum atomic E-state index is 11.9. The molecule has 0 atom stereocenters. The molecule has 0 spiro atoms. The number of hydrogen-bond donors (Lipinski definition) is 3. The summed E-state index contributed by atoms with van der Waals surface area (Å²) >= 11 is 0. The Balaban J connectivity index is 1.30. The Morgan fingerprint density at radius 3 is 2.71 bits per heavy atom. The fourth-order valence-corrected chi connectivity index (χ4v) is 3.85. The summed E-state index contributed by atoms with van der Waals surface area (Å²) in [6.45, 7) is 0. The molecule has 3 N–H and O–H groups in total. The minimum atomic E-state index is -0.0474. The molecule has 2 aromatic heterocycles. The van der Waals surface area contributed by atoms with Crippen molar-refractivity contribution in [2.75, 3.05) is 5.32 Å². The average molecular weight is 447 g/mol. The number of nitrogens with one attached hydrogen (secondary N) is 3. The van der Waals surface area contributed by atoms with E-state index in [4.69, 9.17) is 9.97 Å². The van der Waals surface area contributed by atoms with E-state index in [1.165, 1.54) is 0 Å².